The minimum absolute atomic E-state index is 0. The fraction of sp³-hybridized carbons (Fsp3) is 0.887. The molecule has 4 aliphatic heterocycles. The van der Waals surface area contributed by atoms with Crippen LogP contribution in [0.2, 0.25) is 0 Å². The molecular weight excluding hydrogens is 693 g/mol. The standard InChI is InChI=1S/C12H23N.2C10H19N.C8H15N.C8H10.5CH4/c1-11-3-5-12(6-4-11)7-9-13(2)10-8-12;1-9-7-10(8-9)3-5-11(2)6-4-10;1-9-3-5-10(6-4-9)7-11(2)8-10;1-7-3-8(4-7)5-9(2)6-8;1-7-3-5-8(2)6-4-7;;;;;/h11H,3-10H2,1-2H3;2*9H,3-8H2,1-2H3;7H,3-6H2,1-2H3;3-6H,1-2H3;5*1H4. The molecule has 4 heterocycles. The average Bonchev–Trinajstić information content (AvgIpc) is 3.06. The van der Waals surface area contributed by atoms with Crippen molar-refractivity contribution in [2.45, 2.75) is 181 Å². The van der Waals surface area contributed by atoms with Crippen LogP contribution in [0, 0.1) is 59.2 Å². The van der Waals surface area contributed by atoms with Crippen LogP contribution in [-0.2, 0) is 0 Å². The summed E-state index contributed by atoms with van der Waals surface area (Å²) in [6.07, 6.45) is 23.9. The summed E-state index contributed by atoms with van der Waals surface area (Å²) in [5, 5.41) is 0. The number of nitrogens with zero attached hydrogens (tertiary/aromatic N) is 4. The maximum Gasteiger partial charge on any atom is 0.00476 e. The third-order valence-corrected chi connectivity index (χ3v) is 15.5. The Labute approximate surface area is 361 Å². The zero-order chi connectivity index (χ0) is 37.6. The minimum atomic E-state index is 0. The Bertz CT molecular complexity index is 1050. The molecule has 1 aromatic carbocycles. The lowest BCUT2D eigenvalue weighted by molar-refractivity contribution is -0.0758. The summed E-state index contributed by atoms with van der Waals surface area (Å²) < 4.78 is 0. The van der Waals surface area contributed by atoms with Gasteiger partial charge in [0.15, 0.2) is 0 Å². The zero-order valence-electron chi connectivity index (χ0n) is 36.4. The fourth-order valence-corrected chi connectivity index (χ4v) is 12.1. The van der Waals surface area contributed by atoms with Crippen molar-refractivity contribution in [3.8, 4) is 0 Å². The Morgan fingerprint density at radius 2 is 0.649 bits per heavy atom. The maximum absolute atomic E-state index is 2.49. The molecule has 4 spiro atoms. The molecule has 0 aromatic heterocycles. The first-order chi connectivity index (χ1) is 24.6. The van der Waals surface area contributed by atoms with Gasteiger partial charge in [-0.3, -0.25) is 0 Å². The molecule has 0 N–H and O–H groups in total. The fourth-order valence-electron chi connectivity index (χ4n) is 12.1. The van der Waals surface area contributed by atoms with Crippen molar-refractivity contribution in [2.75, 3.05) is 80.5 Å². The van der Waals surface area contributed by atoms with Crippen molar-refractivity contribution < 1.29 is 0 Å². The Balaban J connectivity index is 0.000000678. The van der Waals surface area contributed by atoms with Crippen LogP contribution in [0.4, 0.5) is 0 Å². The van der Waals surface area contributed by atoms with Gasteiger partial charge in [-0.1, -0.05) is 126 Å². The summed E-state index contributed by atoms with van der Waals surface area (Å²) in [5.41, 5.74) is 5.84. The molecule has 0 radical (unpaired) electrons. The molecule has 9 rings (SSSR count). The highest BCUT2D eigenvalue weighted by Gasteiger charge is 2.49. The second-order valence-corrected chi connectivity index (χ2v) is 21.5. The number of hydrogen-bond acceptors (Lipinski definition) is 4. The van der Waals surface area contributed by atoms with Crippen LogP contribution in [0.1, 0.15) is 179 Å². The van der Waals surface area contributed by atoms with Gasteiger partial charge in [-0.15, -0.1) is 0 Å². The van der Waals surface area contributed by atoms with E-state index in [4.69, 9.17) is 0 Å². The number of hydrogen-bond donors (Lipinski definition) is 0. The molecule has 4 aliphatic carbocycles. The molecule has 57 heavy (non-hydrogen) atoms. The predicted octanol–water partition coefficient (Wildman–Crippen LogP) is 14.0. The third-order valence-electron chi connectivity index (χ3n) is 15.5. The number of likely N-dealkylation sites (tertiary alicyclic amines) is 4. The van der Waals surface area contributed by atoms with Crippen LogP contribution < -0.4 is 0 Å². The van der Waals surface area contributed by atoms with Gasteiger partial charge in [0.2, 0.25) is 0 Å². The van der Waals surface area contributed by atoms with Gasteiger partial charge in [0.05, 0.1) is 0 Å². The molecule has 338 valence electrons. The lowest BCUT2D eigenvalue weighted by Gasteiger charge is -2.57. The van der Waals surface area contributed by atoms with E-state index in [1.807, 2.05) is 0 Å². The quantitative estimate of drug-likeness (QED) is 0.259. The van der Waals surface area contributed by atoms with Crippen LogP contribution in [0.25, 0.3) is 0 Å². The third kappa shape index (κ3) is 16.5. The number of benzene rings is 1. The van der Waals surface area contributed by atoms with Gasteiger partial charge in [-0.25, -0.2) is 0 Å². The molecule has 4 saturated heterocycles. The second-order valence-electron chi connectivity index (χ2n) is 21.5. The Morgan fingerprint density at radius 1 is 0.368 bits per heavy atom. The van der Waals surface area contributed by atoms with Crippen molar-refractivity contribution in [1.29, 1.82) is 0 Å². The van der Waals surface area contributed by atoms with Gasteiger partial charge in [-0.05, 0) is 191 Å². The topological polar surface area (TPSA) is 13.0 Å². The van der Waals surface area contributed by atoms with Gasteiger partial charge in [-0.2, -0.15) is 0 Å². The van der Waals surface area contributed by atoms with E-state index in [0.717, 1.165) is 45.3 Å². The normalized spacial score (nSPS) is 29.0. The Hall–Kier alpha value is -0.940. The van der Waals surface area contributed by atoms with E-state index in [1.165, 1.54) is 166 Å². The van der Waals surface area contributed by atoms with Gasteiger partial charge >= 0.3 is 0 Å². The van der Waals surface area contributed by atoms with Gasteiger partial charge in [0.1, 0.15) is 0 Å². The molecule has 0 bridgehead atoms. The first kappa shape index (κ1) is 56.1. The predicted molar refractivity (Wildman–Crippen MR) is 260 cm³/mol. The maximum atomic E-state index is 2.49. The zero-order valence-corrected chi connectivity index (χ0v) is 36.4. The van der Waals surface area contributed by atoms with Crippen LogP contribution in [0.5, 0.6) is 0 Å². The average molecular weight is 799 g/mol. The number of piperidine rings is 2. The van der Waals surface area contributed by atoms with Crippen molar-refractivity contribution in [2.24, 2.45) is 45.3 Å². The number of rotatable bonds is 0. The van der Waals surface area contributed by atoms with Crippen molar-refractivity contribution in [3.63, 3.8) is 0 Å². The Morgan fingerprint density at radius 3 is 0.965 bits per heavy atom. The highest BCUT2D eigenvalue weighted by atomic mass is 15.2. The summed E-state index contributed by atoms with van der Waals surface area (Å²) in [6, 6.07) is 8.48. The molecule has 4 nitrogen and oxygen atoms in total. The lowest BCUT2D eigenvalue weighted by Crippen LogP contribution is -2.60. The van der Waals surface area contributed by atoms with Crippen molar-refractivity contribution >= 4 is 0 Å². The molecule has 0 unspecified atom stereocenters. The van der Waals surface area contributed by atoms with E-state index in [1.54, 1.807) is 0 Å². The molecule has 8 aliphatic rings. The van der Waals surface area contributed by atoms with Gasteiger partial charge < -0.3 is 19.6 Å². The lowest BCUT2D eigenvalue weighted by atomic mass is 9.58. The van der Waals surface area contributed by atoms with E-state index < -0.39 is 0 Å². The second kappa shape index (κ2) is 24.5. The molecule has 0 amide bonds. The van der Waals surface area contributed by atoms with Crippen LogP contribution in [0.15, 0.2) is 24.3 Å². The minimum Gasteiger partial charge on any atom is -0.306 e. The molecule has 8 fully saturated rings. The molecular formula is C53H106N4. The van der Waals surface area contributed by atoms with Crippen LogP contribution in [-0.4, -0.2) is 100 Å². The highest BCUT2D eigenvalue weighted by molar-refractivity contribution is 5.19. The van der Waals surface area contributed by atoms with E-state index in [-0.39, 0.29) is 37.1 Å². The summed E-state index contributed by atoms with van der Waals surface area (Å²) >= 11 is 0. The number of aryl methyl sites for hydroxylation is 2. The largest absolute Gasteiger partial charge is 0.306 e. The van der Waals surface area contributed by atoms with E-state index in [9.17, 15) is 0 Å². The van der Waals surface area contributed by atoms with E-state index in [0.29, 0.717) is 0 Å². The monoisotopic (exact) mass is 799 g/mol. The smallest absolute Gasteiger partial charge is 0.00476 e. The van der Waals surface area contributed by atoms with Crippen molar-refractivity contribution in [1.82, 2.24) is 19.6 Å². The molecule has 4 heteroatoms. The summed E-state index contributed by atoms with van der Waals surface area (Å²) in [7, 11) is 8.96. The van der Waals surface area contributed by atoms with Crippen LogP contribution in [0.3, 0.4) is 0 Å². The SMILES string of the molecule is C.C.C.C.C.CC1CC2(C1)CN(C)C2.CC1CC2(CCN(C)CC2)C1.CC1CCC2(CC1)CCN(C)CC2.CC1CCC2(CC1)CN(C)C2.Cc1ccc(C)cc1. The first-order valence-electron chi connectivity index (χ1n) is 22.4. The molecule has 0 atom stereocenters. The first-order valence-corrected chi connectivity index (χ1v) is 22.4. The van der Waals surface area contributed by atoms with E-state index >= 15 is 0 Å². The molecule has 4 saturated carbocycles. The van der Waals surface area contributed by atoms with Crippen molar-refractivity contribution in [3.05, 3.63) is 35.4 Å². The van der Waals surface area contributed by atoms with Gasteiger partial charge in [0, 0.05) is 26.2 Å². The summed E-state index contributed by atoms with van der Waals surface area (Å²) in [6.45, 7) is 24.6. The van der Waals surface area contributed by atoms with E-state index in [2.05, 4.69) is 114 Å². The van der Waals surface area contributed by atoms with Gasteiger partial charge in [0.25, 0.3) is 0 Å². The molecule has 1 aromatic rings. The van der Waals surface area contributed by atoms with Crippen LogP contribution >= 0.6 is 0 Å². The highest BCUT2D eigenvalue weighted by Crippen LogP contribution is 2.52. The Kier molecular flexibility index (Phi) is 24.1. The summed E-state index contributed by atoms with van der Waals surface area (Å²) in [4.78, 5) is 9.83. The summed E-state index contributed by atoms with van der Waals surface area (Å²) in [5.74, 6) is 4.06.